The monoisotopic (exact) mass is 493 g/mol. The van der Waals surface area contributed by atoms with Gasteiger partial charge in [0.2, 0.25) is 10.0 Å². The Bertz CT molecular complexity index is 1380. The van der Waals surface area contributed by atoms with Crippen molar-refractivity contribution in [2.75, 3.05) is 40.4 Å². The first-order valence-electron chi connectivity index (χ1n) is 11.3. The average molecular weight is 494 g/mol. The summed E-state index contributed by atoms with van der Waals surface area (Å²) >= 11 is 0. The van der Waals surface area contributed by atoms with Crippen molar-refractivity contribution in [3.05, 3.63) is 71.8 Å². The molecular weight excluding hydrogens is 466 g/mol. The highest BCUT2D eigenvalue weighted by Crippen LogP contribution is 2.40. The fraction of sp³-hybridized carbons (Fsp3) is 0.269. The van der Waals surface area contributed by atoms with Crippen molar-refractivity contribution in [3.8, 4) is 23.0 Å². The van der Waals surface area contributed by atoms with Crippen LogP contribution in [-0.4, -0.2) is 63.9 Å². The number of fused-ring (bicyclic) bond motifs is 2. The van der Waals surface area contributed by atoms with E-state index in [1.807, 2.05) is 43.3 Å². The lowest BCUT2D eigenvalue weighted by atomic mass is 10.1. The molecule has 2 aliphatic heterocycles. The fourth-order valence-corrected chi connectivity index (χ4v) is 5.69. The average Bonchev–Trinajstić information content (AvgIpc) is 3.04. The summed E-state index contributed by atoms with van der Waals surface area (Å²) < 4.78 is 44.8. The van der Waals surface area contributed by atoms with Crippen LogP contribution < -0.4 is 14.2 Å². The first kappa shape index (κ1) is 23.2. The summed E-state index contributed by atoms with van der Waals surface area (Å²) in [6, 6.07) is 18.0. The third-order valence-corrected chi connectivity index (χ3v) is 8.14. The van der Waals surface area contributed by atoms with Crippen LogP contribution in [0.1, 0.15) is 11.1 Å². The Hall–Kier alpha value is -3.56. The number of ether oxygens (including phenoxy) is 3. The van der Waals surface area contributed by atoms with E-state index in [0.717, 1.165) is 22.6 Å². The smallest absolute Gasteiger partial charge is 0.243 e. The molecule has 0 atom stereocenters. The van der Waals surface area contributed by atoms with Gasteiger partial charge in [-0.3, -0.25) is 0 Å². The molecule has 5 rings (SSSR count). The number of hydrogen-bond donors (Lipinski definition) is 0. The molecule has 182 valence electrons. The molecule has 2 heterocycles. The van der Waals surface area contributed by atoms with Crippen LogP contribution in [-0.2, 0) is 10.0 Å². The number of hydrogen-bond acceptors (Lipinski definition) is 7. The van der Waals surface area contributed by atoms with Crippen LogP contribution in [0.2, 0.25) is 0 Å². The molecule has 3 aromatic carbocycles. The molecule has 0 aromatic heterocycles. The minimum atomic E-state index is -3.61. The van der Waals surface area contributed by atoms with Gasteiger partial charge in [-0.15, -0.1) is 0 Å². The van der Waals surface area contributed by atoms with Gasteiger partial charge in [-0.05, 0) is 67.1 Å². The Morgan fingerprint density at radius 1 is 0.829 bits per heavy atom. The lowest BCUT2D eigenvalue weighted by molar-refractivity contribution is 0.266. The Morgan fingerprint density at radius 3 is 2.20 bits per heavy atom. The van der Waals surface area contributed by atoms with E-state index in [0.29, 0.717) is 49.2 Å². The number of benzene rings is 3. The van der Waals surface area contributed by atoms with E-state index >= 15 is 0 Å². The van der Waals surface area contributed by atoms with Crippen LogP contribution >= 0.6 is 0 Å². The molecule has 0 N–H and O–H groups in total. The minimum Gasteiger partial charge on any atom is -0.497 e. The zero-order valence-electron chi connectivity index (χ0n) is 19.9. The molecule has 3 aromatic rings. The van der Waals surface area contributed by atoms with E-state index in [2.05, 4.69) is 4.90 Å². The van der Waals surface area contributed by atoms with E-state index in [4.69, 9.17) is 19.2 Å². The number of sulfonamides is 1. The fourth-order valence-electron chi connectivity index (χ4n) is 4.27. The van der Waals surface area contributed by atoms with Gasteiger partial charge in [0.15, 0.2) is 5.75 Å². The predicted molar refractivity (Wildman–Crippen MR) is 134 cm³/mol. The molecular formula is C26H27N3O5S. The maximum absolute atomic E-state index is 13.2. The Kier molecular flexibility index (Phi) is 6.12. The van der Waals surface area contributed by atoms with Crippen molar-refractivity contribution >= 4 is 21.5 Å². The van der Waals surface area contributed by atoms with E-state index in [1.165, 1.54) is 4.31 Å². The quantitative estimate of drug-likeness (QED) is 0.542. The van der Waals surface area contributed by atoms with Crippen LogP contribution in [0, 0.1) is 6.92 Å². The van der Waals surface area contributed by atoms with Gasteiger partial charge in [-0.2, -0.15) is 4.31 Å². The number of amidine groups is 1. The number of methoxy groups -OCH3 is 2. The van der Waals surface area contributed by atoms with Crippen LogP contribution in [0.5, 0.6) is 23.0 Å². The van der Waals surface area contributed by atoms with Crippen molar-refractivity contribution in [1.29, 1.82) is 0 Å². The molecule has 0 saturated carbocycles. The third kappa shape index (κ3) is 4.44. The molecule has 0 aliphatic carbocycles. The molecule has 0 unspecified atom stereocenters. The number of nitrogens with zero attached hydrogens (tertiary/aromatic N) is 3. The second-order valence-corrected chi connectivity index (χ2v) is 10.4. The van der Waals surface area contributed by atoms with Gasteiger partial charge in [0.25, 0.3) is 0 Å². The minimum absolute atomic E-state index is 0.256. The molecule has 0 bridgehead atoms. The summed E-state index contributed by atoms with van der Waals surface area (Å²) in [4.78, 5) is 7.33. The van der Waals surface area contributed by atoms with Crippen LogP contribution in [0.4, 0.5) is 5.69 Å². The molecule has 0 radical (unpaired) electrons. The van der Waals surface area contributed by atoms with Gasteiger partial charge in [0, 0.05) is 26.2 Å². The summed E-state index contributed by atoms with van der Waals surface area (Å²) in [7, 11) is -0.432. The Morgan fingerprint density at radius 2 is 1.51 bits per heavy atom. The second kappa shape index (κ2) is 9.24. The zero-order valence-corrected chi connectivity index (χ0v) is 20.7. The Labute approximate surface area is 205 Å². The van der Waals surface area contributed by atoms with Gasteiger partial charge < -0.3 is 19.1 Å². The van der Waals surface area contributed by atoms with E-state index < -0.39 is 10.0 Å². The highest BCUT2D eigenvalue weighted by Gasteiger charge is 2.32. The van der Waals surface area contributed by atoms with E-state index in [1.54, 1.807) is 38.5 Å². The lowest BCUT2D eigenvalue weighted by Gasteiger charge is -2.36. The molecule has 8 nitrogen and oxygen atoms in total. The van der Waals surface area contributed by atoms with Crippen molar-refractivity contribution in [3.63, 3.8) is 0 Å². The highest BCUT2D eigenvalue weighted by atomic mass is 32.2. The maximum atomic E-state index is 13.2. The number of aryl methyl sites for hydroxylation is 1. The largest absolute Gasteiger partial charge is 0.497 e. The van der Waals surface area contributed by atoms with Crippen LogP contribution in [0.15, 0.2) is 70.6 Å². The molecule has 9 heteroatoms. The van der Waals surface area contributed by atoms with Crippen LogP contribution in [0.3, 0.4) is 0 Å². The van der Waals surface area contributed by atoms with Gasteiger partial charge >= 0.3 is 0 Å². The molecule has 35 heavy (non-hydrogen) atoms. The Balaban J connectivity index is 1.44. The first-order chi connectivity index (χ1) is 16.9. The van der Waals surface area contributed by atoms with Gasteiger partial charge in [0.1, 0.15) is 28.8 Å². The summed E-state index contributed by atoms with van der Waals surface area (Å²) in [5.74, 6) is 3.42. The summed E-state index contributed by atoms with van der Waals surface area (Å²) in [5, 5.41) is 0. The van der Waals surface area contributed by atoms with Gasteiger partial charge in [0.05, 0.1) is 24.7 Å². The van der Waals surface area contributed by atoms with Crippen molar-refractivity contribution in [1.82, 2.24) is 9.21 Å². The summed E-state index contributed by atoms with van der Waals surface area (Å²) in [6.45, 7) is 3.68. The van der Waals surface area contributed by atoms with Crippen molar-refractivity contribution in [2.45, 2.75) is 11.8 Å². The lowest BCUT2D eigenvalue weighted by Crippen LogP contribution is -2.50. The van der Waals surface area contributed by atoms with Gasteiger partial charge in [-0.25, -0.2) is 13.4 Å². The standard InChI is InChI=1S/C26H27N3O5S/c1-18-4-10-23-25(16-18)34-24-11-7-20(33-3)17-22(24)26(27-23)28-12-14-29(15-13-28)35(30,31)21-8-5-19(32-2)6-9-21/h4-11,16-17H,12-15H2,1-3H3. The molecule has 2 aliphatic rings. The SMILES string of the molecule is COc1ccc(S(=O)(=O)N2CCN(C3=Nc4ccc(C)cc4Oc4ccc(OC)cc43)CC2)cc1. The number of rotatable bonds is 4. The third-order valence-electron chi connectivity index (χ3n) is 6.22. The number of piperazine rings is 1. The predicted octanol–water partition coefficient (Wildman–Crippen LogP) is 4.20. The topological polar surface area (TPSA) is 80.7 Å². The summed E-state index contributed by atoms with van der Waals surface area (Å²) in [5.41, 5.74) is 2.62. The molecule has 1 fully saturated rings. The van der Waals surface area contributed by atoms with Crippen LogP contribution in [0.25, 0.3) is 0 Å². The normalized spacial score (nSPS) is 15.9. The molecule has 0 spiro atoms. The highest BCUT2D eigenvalue weighted by molar-refractivity contribution is 7.89. The number of aliphatic imine (C=N–C) groups is 1. The van der Waals surface area contributed by atoms with Crippen molar-refractivity contribution in [2.24, 2.45) is 4.99 Å². The molecule has 1 saturated heterocycles. The zero-order chi connectivity index (χ0) is 24.6. The first-order valence-corrected chi connectivity index (χ1v) is 12.8. The maximum Gasteiger partial charge on any atom is 0.243 e. The van der Waals surface area contributed by atoms with Crippen molar-refractivity contribution < 1.29 is 22.6 Å². The van der Waals surface area contributed by atoms with E-state index in [9.17, 15) is 8.42 Å². The molecule has 0 amide bonds. The van der Waals surface area contributed by atoms with Gasteiger partial charge in [-0.1, -0.05) is 6.07 Å². The van der Waals surface area contributed by atoms with E-state index in [-0.39, 0.29) is 4.90 Å². The second-order valence-electron chi connectivity index (χ2n) is 8.44. The summed E-state index contributed by atoms with van der Waals surface area (Å²) in [6.07, 6.45) is 0.